The van der Waals surface area contributed by atoms with Crippen molar-refractivity contribution in [3.05, 3.63) is 0 Å². The lowest BCUT2D eigenvalue weighted by Crippen LogP contribution is -2.48. The lowest BCUT2D eigenvalue weighted by Gasteiger charge is -2.44. The van der Waals surface area contributed by atoms with Crippen LogP contribution >= 0.6 is 0 Å². The van der Waals surface area contributed by atoms with Gasteiger partial charge in [0.25, 0.3) is 0 Å². The molecule has 1 spiro atoms. The number of hydrogen-bond donors (Lipinski definition) is 1. The minimum Gasteiger partial charge on any atom is -0.374 e. The van der Waals surface area contributed by atoms with Gasteiger partial charge >= 0.3 is 0 Å². The first kappa shape index (κ1) is 6.44. The summed E-state index contributed by atoms with van der Waals surface area (Å²) in [7, 11) is 0. The summed E-state index contributed by atoms with van der Waals surface area (Å²) in [5.74, 6) is 0.827. The lowest BCUT2D eigenvalue weighted by molar-refractivity contribution is -0.108. The van der Waals surface area contributed by atoms with E-state index in [1.165, 1.54) is 25.7 Å². The number of hydrogen-bond acceptors (Lipinski definition) is 2. The second-order valence-electron chi connectivity index (χ2n) is 4.42. The molecule has 0 radical (unpaired) electrons. The second-order valence-corrected chi connectivity index (χ2v) is 4.42. The average molecular weight is 153 g/mol. The Morgan fingerprint density at radius 1 is 1.45 bits per heavy atom. The van der Waals surface area contributed by atoms with Crippen molar-refractivity contribution in [2.75, 3.05) is 13.2 Å². The van der Waals surface area contributed by atoms with Crippen molar-refractivity contribution in [1.29, 1.82) is 0 Å². The van der Waals surface area contributed by atoms with Gasteiger partial charge in [0.2, 0.25) is 0 Å². The zero-order valence-electron chi connectivity index (χ0n) is 6.81. The van der Waals surface area contributed by atoms with Gasteiger partial charge in [0.1, 0.15) is 0 Å². The van der Waals surface area contributed by atoms with Crippen LogP contribution in [0.25, 0.3) is 0 Å². The summed E-state index contributed by atoms with van der Waals surface area (Å²) in [4.78, 5) is 0. The highest BCUT2D eigenvalue weighted by Crippen LogP contribution is 2.70. The summed E-state index contributed by atoms with van der Waals surface area (Å²) in [5.41, 5.74) is 6.53. The van der Waals surface area contributed by atoms with E-state index in [0.717, 1.165) is 19.1 Å². The maximum Gasteiger partial charge on any atom is 0.0754 e. The monoisotopic (exact) mass is 153 g/mol. The van der Waals surface area contributed by atoms with Gasteiger partial charge in [-0.1, -0.05) is 0 Å². The van der Waals surface area contributed by atoms with Crippen molar-refractivity contribution in [2.45, 2.75) is 31.3 Å². The molecule has 1 heterocycles. The van der Waals surface area contributed by atoms with E-state index in [1.54, 1.807) is 0 Å². The van der Waals surface area contributed by atoms with E-state index in [0.29, 0.717) is 5.41 Å². The molecule has 3 fully saturated rings. The molecule has 2 N–H and O–H groups in total. The van der Waals surface area contributed by atoms with E-state index in [-0.39, 0.29) is 5.60 Å². The van der Waals surface area contributed by atoms with Crippen molar-refractivity contribution in [2.24, 2.45) is 17.1 Å². The van der Waals surface area contributed by atoms with Crippen LogP contribution in [0.15, 0.2) is 0 Å². The molecule has 2 nitrogen and oxygen atoms in total. The average Bonchev–Trinajstić information content (AvgIpc) is 2.57. The second kappa shape index (κ2) is 1.64. The molecule has 3 rings (SSSR count). The Morgan fingerprint density at radius 2 is 2.27 bits per heavy atom. The third-order valence-corrected chi connectivity index (χ3v) is 4.23. The van der Waals surface area contributed by atoms with E-state index < -0.39 is 0 Å². The number of fused-ring (bicyclic) bond motifs is 2. The van der Waals surface area contributed by atoms with Crippen LogP contribution in [0, 0.1) is 11.3 Å². The fourth-order valence-corrected chi connectivity index (χ4v) is 3.14. The molecular formula is C9H15NO. The van der Waals surface area contributed by atoms with Crippen LogP contribution in [-0.4, -0.2) is 18.8 Å². The maximum absolute atomic E-state index is 5.85. The Balaban J connectivity index is 1.94. The van der Waals surface area contributed by atoms with Crippen molar-refractivity contribution in [1.82, 2.24) is 0 Å². The smallest absolute Gasteiger partial charge is 0.0754 e. The molecule has 2 saturated carbocycles. The topological polar surface area (TPSA) is 35.2 Å². The van der Waals surface area contributed by atoms with Gasteiger partial charge in [0, 0.05) is 12.0 Å². The summed E-state index contributed by atoms with van der Waals surface area (Å²) in [6.07, 6.45) is 5.26. The van der Waals surface area contributed by atoms with Crippen LogP contribution in [-0.2, 0) is 4.74 Å². The molecule has 0 bridgehead atoms. The van der Waals surface area contributed by atoms with Gasteiger partial charge in [-0.15, -0.1) is 0 Å². The minimum atomic E-state index is 0.270. The first-order valence-corrected chi connectivity index (χ1v) is 4.67. The van der Waals surface area contributed by atoms with Crippen LogP contribution in [0.4, 0.5) is 0 Å². The van der Waals surface area contributed by atoms with Crippen molar-refractivity contribution < 1.29 is 4.74 Å². The molecule has 62 valence electrons. The first-order valence-electron chi connectivity index (χ1n) is 4.67. The molecule has 2 aliphatic carbocycles. The molecular weight excluding hydrogens is 138 g/mol. The molecule has 0 unspecified atom stereocenters. The first-order chi connectivity index (χ1) is 5.33. The minimum absolute atomic E-state index is 0.270. The number of nitrogens with two attached hydrogens (primary N) is 1. The lowest BCUT2D eigenvalue weighted by atomic mass is 9.69. The third kappa shape index (κ3) is 0.510. The molecule has 0 amide bonds. The third-order valence-electron chi connectivity index (χ3n) is 4.23. The van der Waals surface area contributed by atoms with E-state index >= 15 is 0 Å². The summed E-state index contributed by atoms with van der Waals surface area (Å²) >= 11 is 0. The predicted molar refractivity (Wildman–Crippen MR) is 42.1 cm³/mol. The molecule has 2 atom stereocenters. The molecule has 11 heavy (non-hydrogen) atoms. The molecule has 1 saturated heterocycles. The largest absolute Gasteiger partial charge is 0.374 e. The fraction of sp³-hybridized carbons (Fsp3) is 1.00. The van der Waals surface area contributed by atoms with Gasteiger partial charge in [-0.2, -0.15) is 0 Å². The van der Waals surface area contributed by atoms with Crippen molar-refractivity contribution in [3.8, 4) is 0 Å². The predicted octanol–water partition coefficient (Wildman–Crippen LogP) is 0.904. The van der Waals surface area contributed by atoms with Gasteiger partial charge in [-0.3, -0.25) is 0 Å². The number of rotatable bonds is 1. The van der Waals surface area contributed by atoms with Gasteiger partial charge in [-0.05, 0) is 31.6 Å². The van der Waals surface area contributed by atoms with Crippen LogP contribution in [0.5, 0.6) is 0 Å². The molecule has 0 aromatic carbocycles. The zero-order chi connectivity index (χ0) is 7.53. The van der Waals surface area contributed by atoms with E-state index in [2.05, 4.69) is 0 Å². The maximum atomic E-state index is 5.85. The van der Waals surface area contributed by atoms with E-state index in [1.807, 2.05) is 0 Å². The van der Waals surface area contributed by atoms with Crippen molar-refractivity contribution >= 4 is 0 Å². The summed E-state index contributed by atoms with van der Waals surface area (Å²) in [6.45, 7) is 1.86. The molecule has 1 aliphatic heterocycles. The van der Waals surface area contributed by atoms with Crippen LogP contribution in [0.1, 0.15) is 25.7 Å². The Labute approximate surface area is 67.1 Å². The quantitative estimate of drug-likeness (QED) is 0.607. The van der Waals surface area contributed by atoms with Gasteiger partial charge in [-0.25, -0.2) is 0 Å². The fourth-order valence-electron chi connectivity index (χ4n) is 3.14. The van der Waals surface area contributed by atoms with Gasteiger partial charge in [0.05, 0.1) is 12.2 Å². The van der Waals surface area contributed by atoms with Crippen LogP contribution in [0.2, 0.25) is 0 Å². The molecule has 2 heteroatoms. The standard InChI is InChI=1S/C9H15NO/c10-6-8-4-7(8)5-11-9(8)2-1-3-9/h7H,1-6,10H2/t7-,8+/m0/s1. The van der Waals surface area contributed by atoms with Crippen LogP contribution < -0.4 is 5.73 Å². The SMILES string of the molecule is NC[C@]12C[C@H]1COC21CCC1. The molecule has 3 aliphatic rings. The Bertz CT molecular complexity index is 190. The number of ether oxygens (including phenoxy) is 1. The highest BCUT2D eigenvalue weighted by Gasteiger charge is 2.72. The Hall–Kier alpha value is -0.0800. The van der Waals surface area contributed by atoms with E-state index in [4.69, 9.17) is 10.5 Å². The zero-order valence-corrected chi connectivity index (χ0v) is 6.81. The van der Waals surface area contributed by atoms with Crippen LogP contribution in [0.3, 0.4) is 0 Å². The molecule has 0 aromatic rings. The van der Waals surface area contributed by atoms with Crippen molar-refractivity contribution in [3.63, 3.8) is 0 Å². The summed E-state index contributed by atoms with van der Waals surface area (Å²) < 4.78 is 5.85. The summed E-state index contributed by atoms with van der Waals surface area (Å²) in [6, 6.07) is 0. The van der Waals surface area contributed by atoms with Gasteiger partial charge < -0.3 is 10.5 Å². The highest BCUT2D eigenvalue weighted by molar-refractivity contribution is 5.22. The van der Waals surface area contributed by atoms with E-state index in [9.17, 15) is 0 Å². The normalized spacial score (nSPS) is 50.5. The summed E-state index contributed by atoms with van der Waals surface area (Å²) in [5, 5.41) is 0. The van der Waals surface area contributed by atoms with Gasteiger partial charge in [0.15, 0.2) is 0 Å². The highest BCUT2D eigenvalue weighted by atomic mass is 16.5. The Morgan fingerprint density at radius 3 is 2.64 bits per heavy atom. The Kier molecular flexibility index (Phi) is 0.961. The molecule has 0 aromatic heterocycles.